The Morgan fingerprint density at radius 1 is 1.30 bits per heavy atom. The molecule has 0 bridgehead atoms. The number of carbonyl (C=O) groups is 1. The predicted octanol–water partition coefficient (Wildman–Crippen LogP) is 3.51. The maximum absolute atomic E-state index is 11.3. The van der Waals surface area contributed by atoms with E-state index in [-0.39, 0.29) is 11.7 Å². The van der Waals surface area contributed by atoms with Crippen LogP contribution >= 0.6 is 0 Å². The highest BCUT2D eigenvalue weighted by Gasteiger charge is 2.25. The number of aromatic carboxylic acids is 1. The maximum Gasteiger partial charge on any atom is 0.335 e. The van der Waals surface area contributed by atoms with E-state index in [9.17, 15) is 9.90 Å². The molecule has 1 aliphatic rings. The van der Waals surface area contributed by atoms with Crippen LogP contribution in [0.5, 0.6) is 17.2 Å². The van der Waals surface area contributed by atoms with Crippen molar-refractivity contribution in [2.75, 3.05) is 6.61 Å². The second-order valence-electron chi connectivity index (χ2n) is 5.34. The molecule has 0 fully saturated rings. The van der Waals surface area contributed by atoms with Gasteiger partial charge in [0.05, 0.1) is 5.56 Å². The summed E-state index contributed by atoms with van der Waals surface area (Å²) >= 11 is 0. The molecule has 0 aromatic heterocycles. The van der Waals surface area contributed by atoms with Gasteiger partial charge in [0, 0.05) is 0 Å². The maximum atomic E-state index is 11.3. The molecular weight excluding hydrogens is 296 g/mol. The molecule has 1 unspecified atom stereocenters. The number of rotatable bonds is 5. The second-order valence-corrected chi connectivity index (χ2v) is 5.34. The number of hydrogen-bond acceptors (Lipinski definition) is 4. The standard InChI is InChI=1S/C18H18O5/c1-2-14-11-22-17-15(21-10-12-6-4-3-5-7-12)8-13(18(19)20)9-16(17)23-14/h3-9,14H,2,10-11H2,1H3,(H,19,20). The molecule has 120 valence electrons. The van der Waals surface area contributed by atoms with E-state index in [1.165, 1.54) is 12.1 Å². The molecule has 5 heteroatoms. The van der Waals surface area contributed by atoms with Gasteiger partial charge in [-0.1, -0.05) is 37.3 Å². The van der Waals surface area contributed by atoms with Gasteiger partial charge in [-0.05, 0) is 24.1 Å². The lowest BCUT2D eigenvalue weighted by Crippen LogP contribution is -2.28. The first kappa shape index (κ1) is 15.2. The molecule has 0 aliphatic carbocycles. The summed E-state index contributed by atoms with van der Waals surface area (Å²) in [7, 11) is 0. The van der Waals surface area contributed by atoms with Crippen LogP contribution in [0.1, 0.15) is 29.3 Å². The normalized spacial score (nSPS) is 16.0. The van der Waals surface area contributed by atoms with Crippen molar-refractivity contribution in [1.29, 1.82) is 0 Å². The third-order valence-electron chi connectivity index (χ3n) is 3.67. The lowest BCUT2D eigenvalue weighted by molar-refractivity contribution is 0.0686. The molecule has 2 aromatic rings. The van der Waals surface area contributed by atoms with Crippen LogP contribution in [0.25, 0.3) is 0 Å². The Hall–Kier alpha value is -2.69. The highest BCUT2D eigenvalue weighted by atomic mass is 16.6. The average Bonchev–Trinajstić information content (AvgIpc) is 2.59. The van der Waals surface area contributed by atoms with Crippen molar-refractivity contribution in [1.82, 2.24) is 0 Å². The van der Waals surface area contributed by atoms with Gasteiger partial charge in [0.15, 0.2) is 11.5 Å². The molecule has 1 atom stereocenters. The smallest absolute Gasteiger partial charge is 0.335 e. The zero-order valence-electron chi connectivity index (χ0n) is 12.8. The van der Waals surface area contributed by atoms with Crippen molar-refractivity contribution < 1.29 is 24.1 Å². The highest BCUT2D eigenvalue weighted by Crippen LogP contribution is 2.42. The quantitative estimate of drug-likeness (QED) is 0.915. The van der Waals surface area contributed by atoms with Crippen LogP contribution in [-0.2, 0) is 6.61 Å². The first-order valence-electron chi connectivity index (χ1n) is 7.55. The summed E-state index contributed by atoms with van der Waals surface area (Å²) in [5, 5.41) is 9.27. The molecule has 1 aliphatic heterocycles. The van der Waals surface area contributed by atoms with E-state index < -0.39 is 5.97 Å². The molecule has 0 amide bonds. The van der Waals surface area contributed by atoms with E-state index in [2.05, 4.69) is 0 Å². The topological polar surface area (TPSA) is 65.0 Å². The molecule has 0 saturated heterocycles. The molecular formula is C18H18O5. The van der Waals surface area contributed by atoms with Gasteiger partial charge in [0.25, 0.3) is 0 Å². The molecule has 1 N–H and O–H groups in total. The van der Waals surface area contributed by atoms with E-state index in [1.807, 2.05) is 37.3 Å². The second kappa shape index (κ2) is 6.60. The monoisotopic (exact) mass is 314 g/mol. The summed E-state index contributed by atoms with van der Waals surface area (Å²) in [5.74, 6) is 0.250. The van der Waals surface area contributed by atoms with Crippen molar-refractivity contribution >= 4 is 5.97 Å². The third-order valence-corrected chi connectivity index (χ3v) is 3.67. The summed E-state index contributed by atoms with van der Waals surface area (Å²) in [5.41, 5.74) is 1.11. The zero-order valence-corrected chi connectivity index (χ0v) is 12.8. The van der Waals surface area contributed by atoms with Gasteiger partial charge in [0.2, 0.25) is 5.75 Å². The van der Waals surface area contributed by atoms with Gasteiger partial charge in [-0.3, -0.25) is 0 Å². The van der Waals surface area contributed by atoms with Crippen LogP contribution in [-0.4, -0.2) is 23.8 Å². The SMILES string of the molecule is CCC1COc2c(OCc3ccccc3)cc(C(=O)O)cc2O1. The van der Waals surface area contributed by atoms with E-state index in [4.69, 9.17) is 14.2 Å². The Balaban J connectivity index is 1.89. The number of carboxylic acids is 1. The Labute approximate surface area is 134 Å². The summed E-state index contributed by atoms with van der Waals surface area (Å²) in [4.78, 5) is 11.3. The van der Waals surface area contributed by atoms with Crippen LogP contribution < -0.4 is 14.2 Å². The minimum absolute atomic E-state index is 0.0754. The average molecular weight is 314 g/mol. The Morgan fingerprint density at radius 2 is 2.09 bits per heavy atom. The van der Waals surface area contributed by atoms with Crippen molar-refractivity contribution in [2.24, 2.45) is 0 Å². The van der Waals surface area contributed by atoms with Gasteiger partial charge in [-0.15, -0.1) is 0 Å². The largest absolute Gasteiger partial charge is 0.485 e. The summed E-state index contributed by atoms with van der Waals surface area (Å²) < 4.78 is 17.3. The van der Waals surface area contributed by atoms with Gasteiger partial charge >= 0.3 is 5.97 Å². The zero-order chi connectivity index (χ0) is 16.2. The summed E-state index contributed by atoms with van der Waals surface area (Å²) in [6, 6.07) is 12.6. The Bertz CT molecular complexity index is 696. The number of ether oxygens (including phenoxy) is 3. The number of hydrogen-bond donors (Lipinski definition) is 1. The predicted molar refractivity (Wildman–Crippen MR) is 84.4 cm³/mol. The van der Waals surface area contributed by atoms with E-state index in [0.29, 0.717) is 30.5 Å². The van der Waals surface area contributed by atoms with Gasteiger partial charge < -0.3 is 19.3 Å². The summed E-state index contributed by atoms with van der Waals surface area (Å²) in [6.07, 6.45) is 0.713. The number of benzene rings is 2. The van der Waals surface area contributed by atoms with Crippen molar-refractivity contribution in [3.05, 3.63) is 53.6 Å². The van der Waals surface area contributed by atoms with Crippen LogP contribution in [0.4, 0.5) is 0 Å². The van der Waals surface area contributed by atoms with Crippen LogP contribution in [0.3, 0.4) is 0 Å². The fraction of sp³-hybridized carbons (Fsp3) is 0.278. The minimum Gasteiger partial charge on any atom is -0.485 e. The third kappa shape index (κ3) is 3.39. The van der Waals surface area contributed by atoms with Gasteiger partial charge in [0.1, 0.15) is 19.3 Å². The lowest BCUT2D eigenvalue weighted by atomic mass is 10.1. The lowest BCUT2D eigenvalue weighted by Gasteiger charge is -2.27. The molecule has 3 rings (SSSR count). The van der Waals surface area contributed by atoms with Crippen LogP contribution in [0, 0.1) is 0 Å². The fourth-order valence-corrected chi connectivity index (χ4v) is 2.36. The Kier molecular flexibility index (Phi) is 4.37. The molecule has 0 saturated carbocycles. The highest BCUT2D eigenvalue weighted by molar-refractivity contribution is 5.89. The molecule has 5 nitrogen and oxygen atoms in total. The van der Waals surface area contributed by atoms with Crippen LogP contribution in [0.15, 0.2) is 42.5 Å². The fourth-order valence-electron chi connectivity index (χ4n) is 2.36. The van der Waals surface area contributed by atoms with Crippen LogP contribution in [0.2, 0.25) is 0 Å². The Morgan fingerprint density at radius 3 is 2.78 bits per heavy atom. The van der Waals surface area contributed by atoms with E-state index in [1.54, 1.807) is 0 Å². The number of carboxylic acid groups (broad SMARTS) is 1. The minimum atomic E-state index is -1.03. The first-order valence-corrected chi connectivity index (χ1v) is 7.55. The van der Waals surface area contributed by atoms with Gasteiger partial charge in [-0.25, -0.2) is 4.79 Å². The van der Waals surface area contributed by atoms with E-state index >= 15 is 0 Å². The van der Waals surface area contributed by atoms with Gasteiger partial charge in [-0.2, -0.15) is 0 Å². The van der Waals surface area contributed by atoms with Crippen molar-refractivity contribution in [2.45, 2.75) is 26.1 Å². The van der Waals surface area contributed by atoms with E-state index in [0.717, 1.165) is 12.0 Å². The first-order chi connectivity index (χ1) is 11.2. The molecule has 0 radical (unpaired) electrons. The van der Waals surface area contributed by atoms with Crippen molar-refractivity contribution in [3.8, 4) is 17.2 Å². The summed E-state index contributed by atoms with van der Waals surface area (Å²) in [6.45, 7) is 2.75. The molecule has 23 heavy (non-hydrogen) atoms. The van der Waals surface area contributed by atoms with Crippen molar-refractivity contribution in [3.63, 3.8) is 0 Å². The molecule has 1 heterocycles. The molecule has 0 spiro atoms. The number of fused-ring (bicyclic) bond motifs is 1. The molecule has 2 aromatic carbocycles.